The lowest BCUT2D eigenvalue weighted by molar-refractivity contribution is 0.0946. The third-order valence-electron chi connectivity index (χ3n) is 2.99. The maximum Gasteiger partial charge on any atom is 0.270 e. The Bertz CT molecular complexity index is 606. The Labute approximate surface area is 125 Å². The molecule has 0 aliphatic carbocycles. The number of nitrogens with zero attached hydrogens (tertiary/aromatic N) is 1. The van der Waals surface area contributed by atoms with Crippen molar-refractivity contribution >= 4 is 11.6 Å². The summed E-state index contributed by atoms with van der Waals surface area (Å²) in [5.74, 6) is -0.160. The molecule has 1 aromatic carbocycles. The van der Waals surface area contributed by atoms with E-state index in [-0.39, 0.29) is 5.91 Å². The zero-order chi connectivity index (χ0) is 15.2. The Morgan fingerprint density at radius 1 is 1.24 bits per heavy atom. The molecule has 1 amide bonds. The van der Waals surface area contributed by atoms with Gasteiger partial charge < -0.3 is 10.6 Å². The van der Waals surface area contributed by atoms with E-state index < -0.39 is 0 Å². The Morgan fingerprint density at radius 2 is 2.05 bits per heavy atom. The van der Waals surface area contributed by atoms with Gasteiger partial charge in [0.25, 0.3) is 5.91 Å². The topological polar surface area (TPSA) is 54.0 Å². The molecule has 21 heavy (non-hydrogen) atoms. The van der Waals surface area contributed by atoms with Gasteiger partial charge in [0.2, 0.25) is 0 Å². The molecule has 0 saturated carbocycles. The Balaban J connectivity index is 1.94. The quantitative estimate of drug-likeness (QED) is 0.886. The first-order chi connectivity index (χ1) is 10.0. The van der Waals surface area contributed by atoms with E-state index in [1.807, 2.05) is 31.2 Å². The lowest BCUT2D eigenvalue weighted by Crippen LogP contribution is -2.23. The van der Waals surface area contributed by atoms with Gasteiger partial charge in [0.15, 0.2) is 0 Å². The van der Waals surface area contributed by atoms with Gasteiger partial charge in [0.1, 0.15) is 5.69 Å². The highest BCUT2D eigenvalue weighted by Crippen LogP contribution is 2.08. The first kappa shape index (κ1) is 15.0. The average Bonchev–Trinajstić information content (AvgIpc) is 2.45. The van der Waals surface area contributed by atoms with Crippen LogP contribution in [-0.4, -0.2) is 16.9 Å². The fourth-order valence-corrected chi connectivity index (χ4v) is 2.04. The van der Waals surface area contributed by atoms with Gasteiger partial charge in [-0.05, 0) is 38.5 Å². The zero-order valence-electron chi connectivity index (χ0n) is 12.7. The molecule has 0 saturated heterocycles. The summed E-state index contributed by atoms with van der Waals surface area (Å²) < 4.78 is 0. The minimum atomic E-state index is -0.160. The van der Waals surface area contributed by atoms with Crippen molar-refractivity contribution in [2.45, 2.75) is 33.4 Å². The average molecular weight is 283 g/mol. The standard InChI is InChI=1S/C17H21N3O/c1-12(2)20-15-7-8-16(18-11-15)17(21)19-10-14-6-4-5-13(3)9-14/h4-9,11-12,20H,10H2,1-3H3,(H,19,21). The third-order valence-corrected chi connectivity index (χ3v) is 2.99. The highest BCUT2D eigenvalue weighted by Gasteiger charge is 2.07. The number of rotatable bonds is 5. The van der Waals surface area contributed by atoms with Crippen LogP contribution in [0.3, 0.4) is 0 Å². The van der Waals surface area contributed by atoms with Crippen molar-refractivity contribution in [2.75, 3.05) is 5.32 Å². The number of anilines is 1. The zero-order valence-corrected chi connectivity index (χ0v) is 12.7. The predicted octanol–water partition coefficient (Wildman–Crippen LogP) is 3.14. The highest BCUT2D eigenvalue weighted by atomic mass is 16.1. The molecule has 4 nitrogen and oxygen atoms in total. The van der Waals surface area contributed by atoms with Crippen LogP contribution < -0.4 is 10.6 Å². The van der Waals surface area contributed by atoms with E-state index in [0.29, 0.717) is 18.3 Å². The lowest BCUT2D eigenvalue weighted by Gasteiger charge is -2.10. The number of aromatic nitrogens is 1. The molecule has 110 valence electrons. The summed E-state index contributed by atoms with van der Waals surface area (Å²) in [6.45, 7) is 6.66. The van der Waals surface area contributed by atoms with E-state index in [1.54, 1.807) is 12.3 Å². The van der Waals surface area contributed by atoms with Crippen LogP contribution in [0.25, 0.3) is 0 Å². The minimum absolute atomic E-state index is 0.160. The fraction of sp³-hybridized carbons (Fsp3) is 0.294. The first-order valence-corrected chi connectivity index (χ1v) is 7.11. The van der Waals surface area contributed by atoms with Gasteiger partial charge in [-0.15, -0.1) is 0 Å². The molecule has 0 spiro atoms. The van der Waals surface area contributed by atoms with Crippen LogP contribution in [0.4, 0.5) is 5.69 Å². The molecule has 1 heterocycles. The lowest BCUT2D eigenvalue weighted by atomic mass is 10.1. The molecule has 0 aliphatic rings. The molecule has 4 heteroatoms. The summed E-state index contributed by atoms with van der Waals surface area (Å²) in [5, 5.41) is 6.12. The normalized spacial score (nSPS) is 10.5. The Morgan fingerprint density at radius 3 is 2.67 bits per heavy atom. The molecule has 0 aliphatic heterocycles. The van der Waals surface area contributed by atoms with Gasteiger partial charge in [0.05, 0.1) is 11.9 Å². The van der Waals surface area contributed by atoms with Crippen LogP contribution in [0.1, 0.15) is 35.5 Å². The number of pyridine rings is 1. The van der Waals surface area contributed by atoms with Gasteiger partial charge in [-0.1, -0.05) is 29.8 Å². The van der Waals surface area contributed by atoms with Gasteiger partial charge in [-0.25, -0.2) is 4.98 Å². The van der Waals surface area contributed by atoms with E-state index in [2.05, 4.69) is 35.5 Å². The molecule has 0 fully saturated rings. The molecule has 2 aromatic rings. The number of benzene rings is 1. The fourth-order valence-electron chi connectivity index (χ4n) is 2.04. The number of carbonyl (C=O) groups is 1. The molecular weight excluding hydrogens is 262 g/mol. The van der Waals surface area contributed by atoms with Crippen molar-refractivity contribution in [2.24, 2.45) is 0 Å². The van der Waals surface area contributed by atoms with Crippen molar-refractivity contribution in [3.8, 4) is 0 Å². The third kappa shape index (κ3) is 4.60. The first-order valence-electron chi connectivity index (χ1n) is 7.11. The van der Waals surface area contributed by atoms with Crippen molar-refractivity contribution in [1.82, 2.24) is 10.3 Å². The summed E-state index contributed by atoms with van der Waals surface area (Å²) in [4.78, 5) is 16.2. The highest BCUT2D eigenvalue weighted by molar-refractivity contribution is 5.92. The van der Waals surface area contributed by atoms with Crippen molar-refractivity contribution in [3.63, 3.8) is 0 Å². The monoisotopic (exact) mass is 283 g/mol. The number of carbonyl (C=O) groups excluding carboxylic acids is 1. The Kier molecular flexibility index (Phi) is 4.93. The molecule has 2 N–H and O–H groups in total. The molecule has 0 bridgehead atoms. The second-order valence-corrected chi connectivity index (χ2v) is 5.40. The number of aryl methyl sites for hydroxylation is 1. The van der Waals surface area contributed by atoms with Gasteiger partial charge in [-0.3, -0.25) is 4.79 Å². The Hall–Kier alpha value is -2.36. The summed E-state index contributed by atoms with van der Waals surface area (Å²) in [5.41, 5.74) is 3.61. The van der Waals surface area contributed by atoms with E-state index in [4.69, 9.17) is 0 Å². The van der Waals surface area contributed by atoms with Crippen LogP contribution in [0, 0.1) is 6.92 Å². The maximum atomic E-state index is 12.0. The predicted molar refractivity (Wildman–Crippen MR) is 85.3 cm³/mol. The molecular formula is C17H21N3O. The van der Waals surface area contributed by atoms with Gasteiger partial charge in [0, 0.05) is 12.6 Å². The molecule has 1 aromatic heterocycles. The van der Waals surface area contributed by atoms with Crippen molar-refractivity contribution in [1.29, 1.82) is 0 Å². The van der Waals surface area contributed by atoms with Crippen LogP contribution in [0.5, 0.6) is 0 Å². The second-order valence-electron chi connectivity index (χ2n) is 5.40. The van der Waals surface area contributed by atoms with Crippen molar-refractivity contribution in [3.05, 3.63) is 59.4 Å². The molecule has 0 unspecified atom stereocenters. The molecule has 0 atom stereocenters. The smallest absolute Gasteiger partial charge is 0.270 e. The number of amides is 1. The number of nitrogens with one attached hydrogen (secondary N) is 2. The summed E-state index contributed by atoms with van der Waals surface area (Å²) in [6.07, 6.45) is 1.68. The van der Waals surface area contributed by atoms with Crippen LogP contribution in [0.15, 0.2) is 42.6 Å². The molecule has 0 radical (unpaired) electrons. The number of hydrogen-bond acceptors (Lipinski definition) is 3. The maximum absolute atomic E-state index is 12.0. The van der Waals surface area contributed by atoms with Crippen LogP contribution in [-0.2, 0) is 6.54 Å². The van der Waals surface area contributed by atoms with E-state index >= 15 is 0 Å². The van der Waals surface area contributed by atoms with Gasteiger partial charge in [-0.2, -0.15) is 0 Å². The largest absolute Gasteiger partial charge is 0.382 e. The molecule has 2 rings (SSSR count). The minimum Gasteiger partial charge on any atom is -0.382 e. The van der Waals surface area contributed by atoms with Crippen LogP contribution in [0.2, 0.25) is 0 Å². The van der Waals surface area contributed by atoms with Crippen molar-refractivity contribution < 1.29 is 4.79 Å². The SMILES string of the molecule is Cc1cccc(CNC(=O)c2ccc(NC(C)C)cn2)c1. The second kappa shape index (κ2) is 6.88. The van der Waals surface area contributed by atoms with Gasteiger partial charge >= 0.3 is 0 Å². The summed E-state index contributed by atoms with van der Waals surface area (Å²) in [6, 6.07) is 12.0. The summed E-state index contributed by atoms with van der Waals surface area (Å²) >= 11 is 0. The van der Waals surface area contributed by atoms with E-state index in [1.165, 1.54) is 5.56 Å². The summed E-state index contributed by atoms with van der Waals surface area (Å²) in [7, 11) is 0. The van der Waals surface area contributed by atoms with Crippen LogP contribution >= 0.6 is 0 Å². The number of hydrogen-bond donors (Lipinski definition) is 2. The van der Waals surface area contributed by atoms with E-state index in [0.717, 1.165) is 11.3 Å². The van der Waals surface area contributed by atoms with E-state index in [9.17, 15) is 4.79 Å².